The van der Waals surface area contributed by atoms with E-state index >= 15 is 0 Å². The SMILES string of the molecule is CC/C=C\C/C=C\C/C=C\C/C=C\C/C=C\CCCCCC(=O)OC(COC(=O)CCCCCC/C=C\C/C=C\C/C=C\C/C=C\CC)COP(=O)(O)OCC(CO)OC(=O)CCCCCCCCCCCCCCC. The second kappa shape index (κ2) is 57.3. The molecule has 76 heavy (non-hydrogen) atoms. The van der Waals surface area contributed by atoms with Crippen molar-refractivity contribution in [2.24, 2.45) is 0 Å². The summed E-state index contributed by atoms with van der Waals surface area (Å²) in [6, 6.07) is 0. The van der Waals surface area contributed by atoms with E-state index in [1.807, 2.05) is 0 Å². The highest BCUT2D eigenvalue weighted by Gasteiger charge is 2.28. The molecule has 0 aliphatic carbocycles. The number of hydrogen-bond acceptors (Lipinski definition) is 10. The van der Waals surface area contributed by atoms with Gasteiger partial charge in [0.1, 0.15) is 12.7 Å². The minimum absolute atomic E-state index is 0.118. The number of ether oxygens (including phenoxy) is 3. The maximum Gasteiger partial charge on any atom is 0.472 e. The number of allylic oxidation sites excluding steroid dienone is 18. The van der Waals surface area contributed by atoms with Crippen molar-refractivity contribution in [2.75, 3.05) is 26.4 Å². The van der Waals surface area contributed by atoms with Crippen LogP contribution in [0.5, 0.6) is 0 Å². The monoisotopic (exact) mass is 1080 g/mol. The van der Waals surface area contributed by atoms with Gasteiger partial charge in [0, 0.05) is 19.3 Å². The third kappa shape index (κ3) is 54.9. The molecule has 0 rings (SSSR count). The van der Waals surface area contributed by atoms with Crippen molar-refractivity contribution in [2.45, 2.75) is 251 Å². The van der Waals surface area contributed by atoms with Crippen LogP contribution in [0.25, 0.3) is 0 Å². The molecule has 3 atom stereocenters. The average Bonchev–Trinajstić information content (AvgIpc) is 3.41. The molecule has 2 N–H and O–H groups in total. The zero-order valence-corrected chi connectivity index (χ0v) is 48.8. The van der Waals surface area contributed by atoms with E-state index in [1.165, 1.54) is 57.8 Å². The molecule has 0 saturated carbocycles. The third-order valence-electron chi connectivity index (χ3n) is 12.2. The molecule has 0 spiro atoms. The summed E-state index contributed by atoms with van der Waals surface area (Å²) in [4.78, 5) is 48.6. The van der Waals surface area contributed by atoms with Gasteiger partial charge >= 0.3 is 25.7 Å². The topological polar surface area (TPSA) is 155 Å². The van der Waals surface area contributed by atoms with Crippen LogP contribution in [0.4, 0.5) is 0 Å². The maximum atomic E-state index is 12.9. The van der Waals surface area contributed by atoms with Crippen LogP contribution in [0.3, 0.4) is 0 Å². The Morgan fingerprint density at radius 3 is 1.07 bits per heavy atom. The van der Waals surface area contributed by atoms with Crippen LogP contribution >= 0.6 is 7.82 Å². The van der Waals surface area contributed by atoms with Gasteiger partial charge < -0.3 is 24.2 Å². The molecule has 11 nitrogen and oxygen atoms in total. The lowest BCUT2D eigenvalue weighted by Gasteiger charge is -2.21. The fourth-order valence-electron chi connectivity index (χ4n) is 7.73. The molecule has 0 heterocycles. The van der Waals surface area contributed by atoms with Gasteiger partial charge in [-0.2, -0.15) is 0 Å². The van der Waals surface area contributed by atoms with Crippen molar-refractivity contribution >= 4 is 25.7 Å². The van der Waals surface area contributed by atoms with Crippen LogP contribution in [0.1, 0.15) is 239 Å². The highest BCUT2D eigenvalue weighted by molar-refractivity contribution is 7.47. The Morgan fingerprint density at radius 1 is 0.382 bits per heavy atom. The zero-order chi connectivity index (χ0) is 55.5. The van der Waals surface area contributed by atoms with Crippen LogP contribution < -0.4 is 0 Å². The Balaban J connectivity index is 4.84. The van der Waals surface area contributed by atoms with Crippen molar-refractivity contribution in [1.82, 2.24) is 0 Å². The number of phosphoric acid groups is 1. The van der Waals surface area contributed by atoms with Gasteiger partial charge in [0.25, 0.3) is 0 Å². The number of aliphatic hydroxyl groups is 1. The summed E-state index contributed by atoms with van der Waals surface area (Å²) in [5.41, 5.74) is 0. The fourth-order valence-corrected chi connectivity index (χ4v) is 8.51. The second-order valence-corrected chi connectivity index (χ2v) is 20.9. The first-order valence-electron chi connectivity index (χ1n) is 29.8. The molecule has 0 radical (unpaired) electrons. The van der Waals surface area contributed by atoms with Crippen molar-refractivity contribution in [3.8, 4) is 0 Å². The summed E-state index contributed by atoms with van der Waals surface area (Å²) in [6.45, 7) is 4.35. The lowest BCUT2D eigenvalue weighted by molar-refractivity contribution is -0.161. The van der Waals surface area contributed by atoms with E-state index in [4.69, 9.17) is 23.3 Å². The molecule has 0 aliphatic heterocycles. The Bertz CT molecular complexity index is 1690. The minimum atomic E-state index is -4.77. The molecule has 0 aromatic heterocycles. The Labute approximate surface area is 463 Å². The Morgan fingerprint density at radius 2 is 0.684 bits per heavy atom. The quantitative estimate of drug-likeness (QED) is 0.0197. The summed E-state index contributed by atoms with van der Waals surface area (Å²) in [7, 11) is -4.77. The number of esters is 3. The maximum absolute atomic E-state index is 12.9. The molecular weight excluding hydrogens is 976 g/mol. The number of rotatable bonds is 54. The van der Waals surface area contributed by atoms with Gasteiger partial charge in [0.15, 0.2) is 6.10 Å². The molecular formula is C64H107O11P. The second-order valence-electron chi connectivity index (χ2n) is 19.4. The number of hydrogen-bond donors (Lipinski definition) is 2. The number of phosphoric ester groups is 1. The Kier molecular flexibility index (Phi) is 54.4. The molecule has 0 aromatic carbocycles. The number of carbonyl (C=O) groups excluding carboxylic acids is 3. The highest BCUT2D eigenvalue weighted by Crippen LogP contribution is 2.43. The molecule has 434 valence electrons. The van der Waals surface area contributed by atoms with Crippen LogP contribution in [-0.4, -0.2) is 66.5 Å². The number of aliphatic hydroxyl groups excluding tert-OH is 1. The lowest BCUT2D eigenvalue weighted by Crippen LogP contribution is -2.30. The van der Waals surface area contributed by atoms with Crippen molar-refractivity contribution < 1.29 is 52.2 Å². The van der Waals surface area contributed by atoms with E-state index in [0.717, 1.165) is 122 Å². The van der Waals surface area contributed by atoms with Crippen LogP contribution in [0.15, 0.2) is 109 Å². The standard InChI is InChI=1S/C64H107O11P/c1-4-7-10-13-16-19-22-25-27-29-30-32-34-37-40-43-46-49-52-55-64(68)75-61(57-71-62(66)53-50-47-44-41-38-36-33-31-28-26-23-20-17-14-11-8-5-2)59-73-76(69,70)72-58-60(56-65)74-63(67)54-51-48-45-42-39-35-24-21-18-15-12-9-6-3/h7-8,10-11,16-17,19-20,25-28,30,32-33,36-37,40,60-61,65H,4-6,9,12-15,18,21-24,29,31,34-35,38-39,41-59H2,1-3H3,(H,69,70)/b10-7-,11-8-,19-16-,20-17-,27-25-,28-26-,32-30-,36-33-,40-37-. The number of unbranched alkanes of at least 4 members (excludes halogenated alkanes) is 19. The predicted octanol–water partition coefficient (Wildman–Crippen LogP) is 17.8. The molecule has 0 bridgehead atoms. The van der Waals surface area contributed by atoms with E-state index in [1.54, 1.807) is 0 Å². The summed E-state index contributed by atoms with van der Waals surface area (Å²) in [5, 5.41) is 9.82. The fraction of sp³-hybridized carbons (Fsp3) is 0.672. The summed E-state index contributed by atoms with van der Waals surface area (Å²) >= 11 is 0. The lowest BCUT2D eigenvalue weighted by atomic mass is 10.0. The molecule has 0 saturated heterocycles. The van der Waals surface area contributed by atoms with Crippen LogP contribution in [0, 0.1) is 0 Å². The van der Waals surface area contributed by atoms with Crippen LogP contribution in [-0.2, 0) is 42.2 Å². The van der Waals surface area contributed by atoms with Gasteiger partial charge in [0.05, 0.1) is 19.8 Å². The molecule has 0 aromatic rings. The van der Waals surface area contributed by atoms with Gasteiger partial charge in [-0.15, -0.1) is 0 Å². The highest BCUT2D eigenvalue weighted by atomic mass is 31.2. The van der Waals surface area contributed by atoms with E-state index in [0.29, 0.717) is 19.3 Å². The van der Waals surface area contributed by atoms with E-state index in [-0.39, 0.29) is 25.9 Å². The molecule has 0 amide bonds. The first-order chi connectivity index (χ1) is 37.2. The summed E-state index contributed by atoms with van der Waals surface area (Å²) in [6.07, 6.45) is 69.0. The zero-order valence-electron chi connectivity index (χ0n) is 47.9. The molecule has 12 heteroatoms. The van der Waals surface area contributed by atoms with Crippen molar-refractivity contribution in [1.29, 1.82) is 0 Å². The van der Waals surface area contributed by atoms with Crippen molar-refractivity contribution in [3.63, 3.8) is 0 Å². The molecule has 0 aliphatic rings. The van der Waals surface area contributed by atoms with Crippen molar-refractivity contribution in [3.05, 3.63) is 109 Å². The van der Waals surface area contributed by atoms with E-state index < -0.39 is 57.8 Å². The molecule has 3 unspecified atom stereocenters. The van der Waals surface area contributed by atoms with Gasteiger partial charge in [-0.3, -0.25) is 23.4 Å². The van der Waals surface area contributed by atoms with Crippen LogP contribution in [0.2, 0.25) is 0 Å². The van der Waals surface area contributed by atoms with Gasteiger partial charge in [-0.05, 0) is 103 Å². The van der Waals surface area contributed by atoms with E-state index in [9.17, 15) is 28.9 Å². The first kappa shape index (κ1) is 72.1. The predicted molar refractivity (Wildman–Crippen MR) is 316 cm³/mol. The third-order valence-corrected chi connectivity index (χ3v) is 13.1. The molecule has 0 fully saturated rings. The van der Waals surface area contributed by atoms with Gasteiger partial charge in [-0.25, -0.2) is 4.57 Å². The smallest absolute Gasteiger partial charge is 0.462 e. The Hall–Kier alpha value is -3.86. The summed E-state index contributed by atoms with van der Waals surface area (Å²) < 4.78 is 39.5. The van der Waals surface area contributed by atoms with Gasteiger partial charge in [0.2, 0.25) is 0 Å². The largest absolute Gasteiger partial charge is 0.472 e. The van der Waals surface area contributed by atoms with Gasteiger partial charge in [-0.1, -0.05) is 226 Å². The van der Waals surface area contributed by atoms with E-state index in [2.05, 4.69) is 130 Å². The normalized spacial score (nSPS) is 14.1. The first-order valence-corrected chi connectivity index (χ1v) is 31.3. The summed E-state index contributed by atoms with van der Waals surface area (Å²) in [5.74, 6) is -1.54. The minimum Gasteiger partial charge on any atom is -0.462 e. The number of carbonyl (C=O) groups is 3. The average molecular weight is 1080 g/mol.